The average molecular weight is 1620 g/mol. The number of aromatic nitrogens is 6. The third-order valence-corrected chi connectivity index (χ3v) is 27.2. The first-order chi connectivity index (χ1) is 62.5. The molecule has 9 nitrogen and oxygen atoms in total. The van der Waals surface area contributed by atoms with Crippen molar-refractivity contribution in [3.63, 3.8) is 0 Å². The van der Waals surface area contributed by atoms with Crippen molar-refractivity contribution in [2.45, 2.75) is 24.7 Å². The molecule has 0 radical (unpaired) electrons. The molecule has 0 saturated heterocycles. The van der Waals surface area contributed by atoms with E-state index in [-0.39, 0.29) is 7.43 Å². The van der Waals surface area contributed by atoms with Crippen LogP contribution in [0, 0.1) is 0 Å². The third kappa shape index (κ3) is 10.4. The van der Waals surface area contributed by atoms with Crippen LogP contribution in [0.1, 0.15) is 63.1 Å². The Bertz CT molecular complexity index is 8500. The van der Waals surface area contributed by atoms with Crippen molar-refractivity contribution in [2.75, 3.05) is 0 Å². The van der Waals surface area contributed by atoms with Crippen LogP contribution in [0.15, 0.2) is 414 Å². The number of fused-ring (bicyclic) bond motifs is 36. The van der Waals surface area contributed by atoms with Gasteiger partial charge in [-0.1, -0.05) is 353 Å². The molecule has 592 valence electrons. The molecule has 127 heavy (non-hydrogen) atoms. The molecule has 2 spiro atoms. The van der Waals surface area contributed by atoms with Crippen LogP contribution in [0.25, 0.3) is 212 Å². The number of hydrogen-bond donors (Lipinski definition) is 0. The first-order valence-electron chi connectivity index (χ1n) is 43.0. The van der Waals surface area contributed by atoms with Crippen LogP contribution in [0.3, 0.4) is 0 Å². The Morgan fingerprint density at radius 1 is 0.181 bits per heavy atom. The summed E-state index contributed by atoms with van der Waals surface area (Å²) in [6, 6.07) is 144. The largest absolute Gasteiger partial charge is 0.456 e. The van der Waals surface area contributed by atoms with E-state index in [9.17, 15) is 0 Å². The lowest BCUT2D eigenvalue weighted by Crippen LogP contribution is -2.29. The Kier molecular flexibility index (Phi) is 15.7. The molecule has 5 heterocycles. The highest BCUT2D eigenvalue weighted by molar-refractivity contribution is 6.13. The molecule has 0 atom stereocenters. The van der Waals surface area contributed by atoms with Gasteiger partial charge in [-0.3, -0.25) is 0 Å². The molecule has 0 unspecified atom stereocenters. The minimum atomic E-state index is -0.638. The Morgan fingerprint density at radius 2 is 0.465 bits per heavy atom. The van der Waals surface area contributed by atoms with Gasteiger partial charge in [-0.25, -0.2) is 29.9 Å². The molecule has 9 heteroatoms. The van der Waals surface area contributed by atoms with Crippen LogP contribution in [-0.2, 0) is 17.3 Å². The molecule has 18 aromatic carbocycles. The van der Waals surface area contributed by atoms with Gasteiger partial charge in [0.2, 0.25) is 0 Å². The normalized spacial score (nSPS) is 13.2. The summed E-state index contributed by atoms with van der Waals surface area (Å²) in [5, 5.41) is 6.26. The summed E-state index contributed by atoms with van der Waals surface area (Å²) >= 11 is 0. The maximum absolute atomic E-state index is 6.41. The summed E-state index contributed by atoms with van der Waals surface area (Å²) in [7, 11) is 0. The monoisotopic (exact) mass is 1620 g/mol. The Hall–Kier alpha value is -16.6. The molecule has 0 saturated carbocycles. The zero-order valence-corrected chi connectivity index (χ0v) is 67.7. The van der Waals surface area contributed by atoms with Crippen LogP contribution in [0.4, 0.5) is 0 Å². The van der Waals surface area contributed by atoms with Gasteiger partial charge in [0, 0.05) is 65.7 Å². The Balaban J connectivity index is 0.000000134. The molecule has 0 bridgehead atoms. The van der Waals surface area contributed by atoms with E-state index in [2.05, 4.69) is 340 Å². The number of furan rings is 3. The van der Waals surface area contributed by atoms with Gasteiger partial charge in [-0.05, 0) is 195 Å². The maximum atomic E-state index is 6.41. The van der Waals surface area contributed by atoms with Gasteiger partial charge in [0.25, 0.3) is 0 Å². The maximum Gasteiger partial charge on any atom is 0.164 e. The first kappa shape index (κ1) is 72.1. The fourth-order valence-corrected chi connectivity index (χ4v) is 22.0. The molecule has 5 aliphatic rings. The highest BCUT2D eigenvalue weighted by Crippen LogP contribution is 2.65. The SMILES string of the molecule is C.c1ccc2c(c1)-c1ccccc1C1(c3ccccc3-2)c2ccccc2-c2c(-c3nc(-c4ccc5c(c4)oc4ccccc45)nc(-c4cccc5oc6ccccc6c45)n3)cccc21.c1ccc2c(c1)Cc1ccc(-c3nc(-c4ccc5c(c4)oc4ccccc45)nc(-c4cccc5c4-c4ccccc4C54c5ccccc5-c5ccccc5-c5ccccc54)n3)cc1-2. The fourth-order valence-electron chi connectivity index (χ4n) is 22.0. The van der Waals surface area contributed by atoms with Crippen LogP contribution < -0.4 is 0 Å². The average Bonchev–Trinajstić information content (AvgIpc) is 1.52. The van der Waals surface area contributed by atoms with Crippen molar-refractivity contribution in [1.29, 1.82) is 0 Å². The molecule has 28 rings (SSSR count). The van der Waals surface area contributed by atoms with Crippen molar-refractivity contribution in [3.8, 4) is 146 Å². The van der Waals surface area contributed by atoms with Crippen molar-refractivity contribution in [1.82, 2.24) is 29.9 Å². The number of para-hydroxylation sites is 3. The summed E-state index contributed by atoms with van der Waals surface area (Å²) in [6.07, 6.45) is 0.922. The van der Waals surface area contributed by atoms with E-state index in [0.717, 1.165) is 122 Å². The summed E-state index contributed by atoms with van der Waals surface area (Å²) in [5.41, 5.74) is 38.6. The van der Waals surface area contributed by atoms with Gasteiger partial charge in [0.05, 0.1) is 10.8 Å². The van der Waals surface area contributed by atoms with Gasteiger partial charge in [0.1, 0.15) is 33.5 Å². The number of nitrogens with zero attached hydrogens (tertiary/aromatic N) is 6. The molecule has 5 aromatic heterocycles. The van der Waals surface area contributed by atoms with E-state index in [1.807, 2.05) is 60.7 Å². The number of hydrogen-bond acceptors (Lipinski definition) is 9. The summed E-state index contributed by atoms with van der Waals surface area (Å²) in [4.78, 5) is 32.4. The second kappa shape index (κ2) is 27.7. The lowest BCUT2D eigenvalue weighted by Gasteiger charge is -2.35. The predicted molar refractivity (Wildman–Crippen MR) is 513 cm³/mol. The highest BCUT2D eigenvalue weighted by atomic mass is 16.3. The van der Waals surface area contributed by atoms with E-state index in [0.29, 0.717) is 34.9 Å². The minimum absolute atomic E-state index is 0. The topological polar surface area (TPSA) is 117 Å². The second-order valence-corrected chi connectivity index (χ2v) is 33.5. The third-order valence-electron chi connectivity index (χ3n) is 27.2. The van der Waals surface area contributed by atoms with Crippen LogP contribution in [-0.4, -0.2) is 29.9 Å². The lowest BCUT2D eigenvalue weighted by molar-refractivity contribution is 0.668. The highest BCUT2D eigenvalue weighted by Gasteiger charge is 2.53. The summed E-state index contributed by atoms with van der Waals surface area (Å²) < 4.78 is 19.2. The first-order valence-corrected chi connectivity index (χ1v) is 43.0. The van der Waals surface area contributed by atoms with Gasteiger partial charge in [-0.2, -0.15) is 0 Å². The van der Waals surface area contributed by atoms with Crippen LogP contribution in [0.5, 0.6) is 0 Å². The number of rotatable bonds is 6. The molecule has 0 aliphatic heterocycles. The smallest absolute Gasteiger partial charge is 0.164 e. The van der Waals surface area contributed by atoms with Gasteiger partial charge >= 0.3 is 0 Å². The second-order valence-electron chi connectivity index (χ2n) is 33.5. The van der Waals surface area contributed by atoms with E-state index in [1.165, 1.54) is 117 Å². The standard InChI is InChI=1S/C59H35N3O.C58H33N3O2.CH4/c1-2-15-39-35(14-1)32-36-28-29-37(33-48(36)39)56-60-57(38-30-31-45-44-20-8-12-27-53(44)63-54(45)34-38)62-58(61-56)47-22-13-26-52-55(47)46-21-7-11-25-51(46)59(52)49-23-9-5-18-42(49)40-16-3-4-17-41(40)43-19-6-10-24-50(43)59;1-2-16-36-35(15-1)37-17-3-8-24-45(37)58(46-25-9-4-18-38(36)46)47-26-10-5-20-41(47)53-43(22-13-27-48(53)58)56-59-55(34-31-32-40-39-19-6-11-28-49(39)63-52(40)33-34)60-57(61-56)44-23-14-30-51-54(44)42-21-7-12-29-50(42)62-51;/h1-31,33-34H,32H2;1-33H;1H4. The molecule has 0 fully saturated rings. The van der Waals surface area contributed by atoms with E-state index in [4.69, 9.17) is 43.2 Å². The molecule has 0 N–H and O–H groups in total. The Labute approximate surface area is 731 Å². The number of benzene rings is 18. The van der Waals surface area contributed by atoms with Crippen molar-refractivity contribution in [2.24, 2.45) is 0 Å². The van der Waals surface area contributed by atoms with Crippen molar-refractivity contribution < 1.29 is 13.3 Å². The van der Waals surface area contributed by atoms with Gasteiger partial charge in [0.15, 0.2) is 34.9 Å². The van der Waals surface area contributed by atoms with E-state index < -0.39 is 10.8 Å². The predicted octanol–water partition coefficient (Wildman–Crippen LogP) is 29.7. The van der Waals surface area contributed by atoms with E-state index >= 15 is 0 Å². The van der Waals surface area contributed by atoms with Gasteiger partial charge in [-0.15, -0.1) is 0 Å². The van der Waals surface area contributed by atoms with Crippen LogP contribution in [0.2, 0.25) is 0 Å². The quantitative estimate of drug-likeness (QED) is 0.160. The zero-order valence-electron chi connectivity index (χ0n) is 67.7. The van der Waals surface area contributed by atoms with Crippen LogP contribution >= 0.6 is 0 Å². The van der Waals surface area contributed by atoms with E-state index in [1.54, 1.807) is 0 Å². The summed E-state index contributed by atoms with van der Waals surface area (Å²) in [6.45, 7) is 0. The van der Waals surface area contributed by atoms with Gasteiger partial charge < -0.3 is 13.3 Å². The summed E-state index contributed by atoms with van der Waals surface area (Å²) in [5.74, 6) is 3.57. The molecule has 0 amide bonds. The fraction of sp³-hybridized carbons (Fsp3) is 0.0339. The minimum Gasteiger partial charge on any atom is -0.456 e. The van der Waals surface area contributed by atoms with Crippen molar-refractivity contribution in [3.05, 3.63) is 456 Å². The Morgan fingerprint density at radius 3 is 0.929 bits per heavy atom. The van der Waals surface area contributed by atoms with Crippen molar-refractivity contribution >= 4 is 65.8 Å². The molecular weight excluding hydrogens is 1550 g/mol. The molecule has 23 aromatic rings. The zero-order chi connectivity index (χ0) is 82.5. The lowest BCUT2D eigenvalue weighted by atomic mass is 9.66. The molecule has 5 aliphatic carbocycles. The molecular formula is C118H72N6O3.